The number of rotatable bonds is 5. The minimum atomic E-state index is -0.510. The summed E-state index contributed by atoms with van der Waals surface area (Å²) in [5.41, 5.74) is 1.69. The number of ether oxygens (including phenoxy) is 1. The van der Waals surface area contributed by atoms with Crippen LogP contribution in [0.1, 0.15) is 31.2 Å². The Bertz CT molecular complexity index is 919. The third-order valence-corrected chi connectivity index (χ3v) is 6.72. The lowest BCUT2D eigenvalue weighted by molar-refractivity contribution is -0.137. The molecule has 2 aliphatic rings. The van der Waals surface area contributed by atoms with Crippen LogP contribution < -0.4 is 5.32 Å². The number of amides is 1. The van der Waals surface area contributed by atoms with Crippen LogP contribution in [0.3, 0.4) is 0 Å². The molecule has 2 aromatic rings. The summed E-state index contributed by atoms with van der Waals surface area (Å²) in [4.78, 5) is 15.7. The molecule has 2 saturated heterocycles. The van der Waals surface area contributed by atoms with Gasteiger partial charge in [0, 0.05) is 24.8 Å². The quantitative estimate of drug-likeness (QED) is 0.765. The Kier molecular flexibility index (Phi) is 6.58. The first-order valence-corrected chi connectivity index (χ1v) is 11.1. The van der Waals surface area contributed by atoms with E-state index in [4.69, 9.17) is 4.74 Å². The fraction of sp³-hybridized carbons (Fsp3) is 0.480. The minimum Gasteiger partial charge on any atom is -0.507 e. The van der Waals surface area contributed by atoms with E-state index in [9.17, 15) is 14.3 Å². The zero-order chi connectivity index (χ0) is 21.8. The molecule has 0 spiro atoms. The average molecular weight is 427 g/mol. The van der Waals surface area contributed by atoms with Gasteiger partial charge >= 0.3 is 0 Å². The molecule has 6 heteroatoms. The number of hydrogen-bond donors (Lipinski definition) is 2. The van der Waals surface area contributed by atoms with Gasteiger partial charge in [-0.05, 0) is 81.6 Å². The highest BCUT2D eigenvalue weighted by Crippen LogP contribution is 2.37. The van der Waals surface area contributed by atoms with Crippen LogP contribution in [0.15, 0.2) is 42.5 Å². The Morgan fingerprint density at radius 2 is 1.94 bits per heavy atom. The third kappa shape index (κ3) is 5.08. The van der Waals surface area contributed by atoms with Gasteiger partial charge in [0.15, 0.2) is 0 Å². The van der Waals surface area contributed by atoms with Crippen LogP contribution in [0.25, 0.3) is 11.1 Å². The zero-order valence-corrected chi connectivity index (χ0v) is 18.1. The summed E-state index contributed by atoms with van der Waals surface area (Å²) in [7, 11) is 2.11. The normalized spacial score (nSPS) is 19.8. The number of carbonyl (C=O) groups excluding carboxylic acids is 1. The molecule has 1 amide bonds. The predicted molar refractivity (Wildman–Crippen MR) is 118 cm³/mol. The lowest BCUT2D eigenvalue weighted by Crippen LogP contribution is -2.51. The van der Waals surface area contributed by atoms with Gasteiger partial charge in [0.25, 0.3) is 0 Å². The van der Waals surface area contributed by atoms with Crippen molar-refractivity contribution in [2.24, 2.45) is 5.41 Å². The maximum atomic E-state index is 13.7. The second-order valence-corrected chi connectivity index (χ2v) is 8.98. The lowest BCUT2D eigenvalue weighted by atomic mass is 9.74. The van der Waals surface area contributed by atoms with E-state index in [1.165, 1.54) is 18.2 Å². The number of halogens is 1. The number of nitrogens with zero attached hydrogens (tertiary/aromatic N) is 1. The molecule has 4 rings (SSSR count). The topological polar surface area (TPSA) is 61.8 Å². The van der Waals surface area contributed by atoms with Gasteiger partial charge in [0.2, 0.25) is 5.91 Å². The fourth-order valence-corrected chi connectivity index (χ4v) is 4.72. The summed E-state index contributed by atoms with van der Waals surface area (Å²) in [6.07, 6.45) is 3.91. The Morgan fingerprint density at radius 3 is 2.68 bits per heavy atom. The zero-order valence-electron chi connectivity index (χ0n) is 18.1. The van der Waals surface area contributed by atoms with E-state index < -0.39 is 11.2 Å². The molecule has 0 radical (unpaired) electrons. The van der Waals surface area contributed by atoms with E-state index in [1.54, 1.807) is 0 Å². The van der Waals surface area contributed by atoms with Gasteiger partial charge < -0.3 is 20.1 Å². The fourth-order valence-electron chi connectivity index (χ4n) is 4.72. The Hall–Kier alpha value is -2.44. The first-order chi connectivity index (χ1) is 14.9. The van der Waals surface area contributed by atoms with Crippen LogP contribution in [0, 0.1) is 11.2 Å². The number of phenolic OH excluding ortho intramolecular Hbond substituents is 1. The van der Waals surface area contributed by atoms with Crippen molar-refractivity contribution in [1.29, 1.82) is 0 Å². The molecule has 2 aliphatic heterocycles. The van der Waals surface area contributed by atoms with E-state index in [0.29, 0.717) is 38.0 Å². The minimum absolute atomic E-state index is 0.0411. The Balaban J connectivity index is 1.55. The first-order valence-electron chi connectivity index (χ1n) is 11.1. The molecule has 0 atom stereocenters. The summed E-state index contributed by atoms with van der Waals surface area (Å²) in [6.45, 7) is 3.15. The van der Waals surface area contributed by atoms with Crippen molar-refractivity contribution < 1.29 is 19.0 Å². The van der Waals surface area contributed by atoms with E-state index in [0.717, 1.165) is 37.1 Å². The number of likely N-dealkylation sites (tertiary alicyclic amines) is 1. The maximum Gasteiger partial charge on any atom is 0.226 e. The summed E-state index contributed by atoms with van der Waals surface area (Å²) in [6, 6.07) is 11.9. The summed E-state index contributed by atoms with van der Waals surface area (Å²) in [5.74, 6) is -0.236. The molecule has 31 heavy (non-hydrogen) atoms. The molecule has 2 aromatic carbocycles. The molecule has 0 saturated carbocycles. The van der Waals surface area contributed by atoms with Crippen LogP contribution in [-0.4, -0.2) is 55.3 Å². The van der Waals surface area contributed by atoms with Gasteiger partial charge in [-0.1, -0.05) is 24.3 Å². The van der Waals surface area contributed by atoms with Crippen molar-refractivity contribution in [3.8, 4) is 16.9 Å². The monoisotopic (exact) mass is 426 g/mol. The number of carbonyl (C=O) groups is 1. The molecule has 2 heterocycles. The maximum absolute atomic E-state index is 13.7. The molecule has 2 N–H and O–H groups in total. The van der Waals surface area contributed by atoms with Gasteiger partial charge in [-0.15, -0.1) is 0 Å². The van der Waals surface area contributed by atoms with Crippen molar-refractivity contribution in [2.75, 3.05) is 33.4 Å². The second-order valence-electron chi connectivity index (χ2n) is 8.98. The van der Waals surface area contributed by atoms with Crippen LogP contribution in [0.2, 0.25) is 0 Å². The van der Waals surface area contributed by atoms with Crippen LogP contribution in [0.4, 0.5) is 4.39 Å². The van der Waals surface area contributed by atoms with Crippen molar-refractivity contribution >= 4 is 5.91 Å². The average Bonchev–Trinajstić information content (AvgIpc) is 2.78. The van der Waals surface area contributed by atoms with Crippen LogP contribution in [-0.2, 0) is 16.0 Å². The SMILES string of the molecule is CN1CCC(NC(=O)C2(Cc3cccc(-c4cc(F)ccc4O)c3)CCOCC2)CC1. The standard InChI is InChI=1S/C25H31FN2O3/c1-28-11-7-21(8-12-28)27-24(30)25(9-13-31-14-10-25)17-18-3-2-4-19(15-18)22-16-20(26)5-6-23(22)29/h2-6,15-16,21,29H,7-14,17H2,1H3,(H,27,30). The number of benzene rings is 2. The van der Waals surface area contributed by atoms with E-state index in [2.05, 4.69) is 17.3 Å². The molecule has 0 bridgehead atoms. The van der Waals surface area contributed by atoms with Gasteiger partial charge in [0.1, 0.15) is 11.6 Å². The van der Waals surface area contributed by atoms with Crippen LogP contribution >= 0.6 is 0 Å². The molecule has 0 aromatic heterocycles. The second kappa shape index (κ2) is 9.37. The lowest BCUT2D eigenvalue weighted by Gasteiger charge is -2.38. The van der Waals surface area contributed by atoms with Crippen LogP contribution in [0.5, 0.6) is 5.75 Å². The molecule has 5 nitrogen and oxygen atoms in total. The molecule has 166 valence electrons. The highest BCUT2D eigenvalue weighted by molar-refractivity contribution is 5.83. The van der Waals surface area contributed by atoms with Crippen molar-refractivity contribution in [2.45, 2.75) is 38.1 Å². The Morgan fingerprint density at radius 1 is 1.19 bits per heavy atom. The molecule has 2 fully saturated rings. The third-order valence-electron chi connectivity index (χ3n) is 6.72. The van der Waals surface area contributed by atoms with Gasteiger partial charge in [0.05, 0.1) is 5.41 Å². The van der Waals surface area contributed by atoms with Gasteiger partial charge in [-0.3, -0.25) is 4.79 Å². The number of piperidine rings is 1. The largest absolute Gasteiger partial charge is 0.507 e. The highest BCUT2D eigenvalue weighted by Gasteiger charge is 2.41. The molecule has 0 aliphatic carbocycles. The predicted octanol–water partition coefficient (Wildman–Crippen LogP) is 3.75. The Labute approximate surface area is 183 Å². The number of hydrogen-bond acceptors (Lipinski definition) is 4. The summed E-state index contributed by atoms with van der Waals surface area (Å²) < 4.78 is 19.3. The summed E-state index contributed by atoms with van der Waals surface area (Å²) in [5, 5.41) is 13.5. The first kappa shape index (κ1) is 21.8. The summed E-state index contributed by atoms with van der Waals surface area (Å²) >= 11 is 0. The molecular weight excluding hydrogens is 395 g/mol. The van der Waals surface area contributed by atoms with Crippen molar-refractivity contribution in [3.63, 3.8) is 0 Å². The number of nitrogens with one attached hydrogen (secondary N) is 1. The number of phenols is 1. The van der Waals surface area contributed by atoms with E-state index >= 15 is 0 Å². The van der Waals surface area contributed by atoms with Crippen molar-refractivity contribution in [3.05, 3.63) is 53.8 Å². The number of aromatic hydroxyl groups is 1. The van der Waals surface area contributed by atoms with Gasteiger partial charge in [-0.25, -0.2) is 4.39 Å². The molecular formula is C25H31FN2O3. The highest BCUT2D eigenvalue weighted by atomic mass is 19.1. The van der Waals surface area contributed by atoms with Crippen molar-refractivity contribution in [1.82, 2.24) is 10.2 Å². The van der Waals surface area contributed by atoms with E-state index in [-0.39, 0.29) is 17.7 Å². The van der Waals surface area contributed by atoms with E-state index in [1.807, 2.05) is 24.3 Å². The molecule has 0 unspecified atom stereocenters. The smallest absolute Gasteiger partial charge is 0.226 e. The van der Waals surface area contributed by atoms with Gasteiger partial charge in [-0.2, -0.15) is 0 Å².